The van der Waals surface area contributed by atoms with Gasteiger partial charge in [-0.3, -0.25) is 0 Å². The van der Waals surface area contributed by atoms with Crippen molar-refractivity contribution in [3.05, 3.63) is 11.1 Å². The molecular formula is C9HN5. The highest BCUT2D eigenvalue weighted by Crippen LogP contribution is 2.49. The summed E-state index contributed by atoms with van der Waals surface area (Å²) in [5.41, 5.74) is -2.01. The van der Waals surface area contributed by atoms with Crippen LogP contribution in [0.25, 0.3) is 0 Å². The average Bonchev–Trinajstić information content (AvgIpc) is 2.20. The molecular weight excluding hydrogens is 178 g/mol. The van der Waals surface area contributed by atoms with Crippen molar-refractivity contribution in [3.63, 3.8) is 0 Å². The highest BCUT2D eigenvalue weighted by atomic mass is 14.6. The van der Waals surface area contributed by atoms with Crippen molar-refractivity contribution in [2.24, 2.45) is 11.3 Å². The van der Waals surface area contributed by atoms with Crippen LogP contribution in [0.2, 0.25) is 0 Å². The molecule has 62 valence electrons. The van der Waals surface area contributed by atoms with Crippen LogP contribution in [0.15, 0.2) is 11.1 Å². The van der Waals surface area contributed by atoms with Gasteiger partial charge in [-0.05, 0) is 0 Å². The van der Waals surface area contributed by atoms with Crippen LogP contribution in [0.1, 0.15) is 0 Å². The molecule has 0 fully saturated rings. The van der Waals surface area contributed by atoms with Crippen LogP contribution in [0, 0.1) is 68.0 Å². The summed E-state index contributed by atoms with van der Waals surface area (Å²) < 4.78 is 0. The molecule has 0 aliphatic heterocycles. The third kappa shape index (κ3) is 0.723. The standard InChI is InChI=1S/C9HN5/c10-1-6-7(2-11)9(4-13,5-14)8(6)3-12/h7H. The first-order valence-electron chi connectivity index (χ1n) is 3.48. The molecule has 0 aromatic rings. The van der Waals surface area contributed by atoms with Crippen molar-refractivity contribution in [1.82, 2.24) is 0 Å². The van der Waals surface area contributed by atoms with E-state index in [1.165, 1.54) is 0 Å². The summed E-state index contributed by atoms with van der Waals surface area (Å²) in [5.74, 6) is -1.10. The van der Waals surface area contributed by atoms with Gasteiger partial charge < -0.3 is 0 Å². The lowest BCUT2D eigenvalue weighted by Gasteiger charge is -2.32. The fourth-order valence-electron chi connectivity index (χ4n) is 1.34. The van der Waals surface area contributed by atoms with Crippen molar-refractivity contribution in [2.75, 3.05) is 0 Å². The molecule has 0 heterocycles. The topological polar surface area (TPSA) is 119 Å². The van der Waals surface area contributed by atoms with Gasteiger partial charge in [0.05, 0.1) is 41.5 Å². The van der Waals surface area contributed by atoms with E-state index in [1.807, 2.05) is 0 Å². The van der Waals surface area contributed by atoms with Gasteiger partial charge in [0.15, 0.2) is 5.41 Å². The quantitative estimate of drug-likeness (QED) is 0.536. The van der Waals surface area contributed by atoms with Crippen molar-refractivity contribution in [3.8, 4) is 30.3 Å². The Morgan fingerprint density at radius 2 is 1.50 bits per heavy atom. The van der Waals surface area contributed by atoms with E-state index in [4.69, 9.17) is 26.3 Å². The SMILES string of the molecule is N#CC1=C(C#N)C(C#N)(C#N)C1C#N. The molecule has 0 saturated carbocycles. The van der Waals surface area contributed by atoms with E-state index in [-0.39, 0.29) is 11.1 Å². The van der Waals surface area contributed by atoms with E-state index in [9.17, 15) is 0 Å². The zero-order valence-electron chi connectivity index (χ0n) is 6.81. The van der Waals surface area contributed by atoms with Crippen molar-refractivity contribution >= 4 is 0 Å². The fraction of sp³-hybridized carbons (Fsp3) is 0.222. The van der Waals surface area contributed by atoms with Crippen LogP contribution < -0.4 is 0 Å². The zero-order valence-corrected chi connectivity index (χ0v) is 6.81. The first-order chi connectivity index (χ1) is 6.71. The van der Waals surface area contributed by atoms with E-state index in [2.05, 4.69) is 0 Å². The largest absolute Gasteiger partial charge is 0.199 e. The molecule has 0 radical (unpaired) electrons. The number of rotatable bonds is 0. The maximum Gasteiger partial charge on any atom is 0.199 e. The van der Waals surface area contributed by atoms with E-state index in [0.29, 0.717) is 0 Å². The van der Waals surface area contributed by atoms with Gasteiger partial charge in [-0.25, -0.2) is 0 Å². The minimum absolute atomic E-state index is 0.0712. The number of allylic oxidation sites excluding steroid dienone is 2. The molecule has 0 bridgehead atoms. The number of nitriles is 5. The first kappa shape index (κ1) is 9.28. The summed E-state index contributed by atoms with van der Waals surface area (Å²) in [4.78, 5) is 0. The van der Waals surface area contributed by atoms with E-state index >= 15 is 0 Å². The van der Waals surface area contributed by atoms with Gasteiger partial charge >= 0.3 is 0 Å². The molecule has 0 saturated heterocycles. The van der Waals surface area contributed by atoms with E-state index in [1.54, 1.807) is 30.3 Å². The number of hydrogen-bond acceptors (Lipinski definition) is 5. The predicted molar refractivity (Wildman–Crippen MR) is 41.0 cm³/mol. The van der Waals surface area contributed by atoms with Crippen LogP contribution in [0.3, 0.4) is 0 Å². The summed E-state index contributed by atoms with van der Waals surface area (Å²) in [6, 6.07) is 8.19. The molecule has 5 heteroatoms. The fourth-order valence-corrected chi connectivity index (χ4v) is 1.34. The summed E-state index contributed by atoms with van der Waals surface area (Å²) in [7, 11) is 0. The molecule has 0 aromatic carbocycles. The Morgan fingerprint density at radius 3 is 1.79 bits per heavy atom. The molecule has 0 N–H and O–H groups in total. The van der Waals surface area contributed by atoms with Gasteiger partial charge in [-0.2, -0.15) is 26.3 Å². The summed E-state index contributed by atoms with van der Waals surface area (Å²) in [5, 5.41) is 43.3. The van der Waals surface area contributed by atoms with Gasteiger partial charge in [0.2, 0.25) is 0 Å². The lowest BCUT2D eigenvalue weighted by molar-refractivity contribution is 0.458. The van der Waals surface area contributed by atoms with Gasteiger partial charge in [0.25, 0.3) is 0 Å². The van der Waals surface area contributed by atoms with Crippen LogP contribution in [-0.2, 0) is 0 Å². The Kier molecular flexibility index (Phi) is 1.93. The second-order valence-electron chi connectivity index (χ2n) is 2.61. The summed E-state index contributed by atoms with van der Waals surface area (Å²) >= 11 is 0. The second-order valence-corrected chi connectivity index (χ2v) is 2.61. The molecule has 5 nitrogen and oxygen atoms in total. The Morgan fingerprint density at radius 1 is 0.929 bits per heavy atom. The molecule has 0 spiro atoms. The zero-order chi connectivity index (χ0) is 10.8. The van der Waals surface area contributed by atoms with Gasteiger partial charge in [-0.15, -0.1) is 0 Å². The number of nitrogens with zero attached hydrogens (tertiary/aromatic N) is 5. The summed E-state index contributed by atoms with van der Waals surface area (Å²) in [6.45, 7) is 0. The smallest absolute Gasteiger partial charge is 0.198 e. The van der Waals surface area contributed by atoms with Gasteiger partial charge in [0, 0.05) is 0 Å². The third-order valence-corrected chi connectivity index (χ3v) is 2.10. The monoisotopic (exact) mass is 179 g/mol. The van der Waals surface area contributed by atoms with Crippen molar-refractivity contribution in [2.45, 2.75) is 0 Å². The van der Waals surface area contributed by atoms with E-state index in [0.717, 1.165) is 0 Å². The molecule has 1 aliphatic carbocycles. The van der Waals surface area contributed by atoms with Crippen molar-refractivity contribution < 1.29 is 0 Å². The van der Waals surface area contributed by atoms with Crippen molar-refractivity contribution in [1.29, 1.82) is 26.3 Å². The van der Waals surface area contributed by atoms with Crippen LogP contribution >= 0.6 is 0 Å². The third-order valence-electron chi connectivity index (χ3n) is 2.10. The Bertz CT molecular complexity index is 506. The van der Waals surface area contributed by atoms with Crippen LogP contribution in [0.5, 0.6) is 0 Å². The maximum atomic E-state index is 8.73. The molecule has 0 amide bonds. The predicted octanol–water partition coefficient (Wildman–Crippen LogP) is 0.517. The van der Waals surface area contributed by atoms with Gasteiger partial charge in [-0.1, -0.05) is 0 Å². The highest BCUT2D eigenvalue weighted by molar-refractivity contribution is 5.63. The second kappa shape index (κ2) is 2.91. The highest BCUT2D eigenvalue weighted by Gasteiger charge is 2.57. The molecule has 1 atom stereocenters. The van der Waals surface area contributed by atoms with Gasteiger partial charge in [0.1, 0.15) is 5.92 Å². The van der Waals surface area contributed by atoms with Crippen LogP contribution in [0.4, 0.5) is 0 Å². The lowest BCUT2D eigenvalue weighted by atomic mass is 9.58. The molecule has 0 aromatic heterocycles. The minimum atomic E-state index is -1.74. The Hall–Kier alpha value is -2.81. The van der Waals surface area contributed by atoms with Crippen LogP contribution in [-0.4, -0.2) is 0 Å². The Balaban J connectivity index is 3.49. The maximum absolute atomic E-state index is 8.73. The molecule has 1 rings (SSSR count). The average molecular weight is 179 g/mol. The Labute approximate surface area is 79.9 Å². The van der Waals surface area contributed by atoms with E-state index < -0.39 is 11.3 Å². The molecule has 1 aliphatic rings. The molecule has 1 unspecified atom stereocenters. The minimum Gasteiger partial charge on any atom is -0.198 e. The first-order valence-corrected chi connectivity index (χ1v) is 3.48. The normalized spacial score (nSPS) is 21.5. The summed E-state index contributed by atoms with van der Waals surface area (Å²) in [6.07, 6.45) is 0. The molecule has 14 heavy (non-hydrogen) atoms. The lowest BCUT2D eigenvalue weighted by Crippen LogP contribution is -2.40. The number of hydrogen-bond donors (Lipinski definition) is 0.